The maximum Gasteiger partial charge on any atom is 0.326 e. The van der Waals surface area contributed by atoms with Crippen LogP contribution >= 0.6 is 0 Å². The summed E-state index contributed by atoms with van der Waals surface area (Å²) < 4.78 is 0. The molecule has 2 rings (SSSR count). The summed E-state index contributed by atoms with van der Waals surface area (Å²) in [4.78, 5) is 50.9. The average molecular weight is 558 g/mol. The monoisotopic (exact) mass is 557 g/mol. The molecule has 0 aliphatic heterocycles. The van der Waals surface area contributed by atoms with Gasteiger partial charge < -0.3 is 42.7 Å². The predicted molar refractivity (Wildman–Crippen MR) is 148 cm³/mol. The van der Waals surface area contributed by atoms with Crippen LogP contribution < -0.4 is 27.4 Å². The van der Waals surface area contributed by atoms with Crippen molar-refractivity contribution in [2.75, 3.05) is 6.54 Å². The topological polar surface area (TPSA) is 217 Å². The van der Waals surface area contributed by atoms with E-state index in [1.165, 1.54) is 19.1 Å². The van der Waals surface area contributed by atoms with Gasteiger partial charge in [0, 0.05) is 12.8 Å². The molecule has 2 aromatic carbocycles. The van der Waals surface area contributed by atoms with Crippen molar-refractivity contribution in [1.82, 2.24) is 16.0 Å². The summed E-state index contributed by atoms with van der Waals surface area (Å²) in [6.07, 6.45) is 0.256. The van der Waals surface area contributed by atoms with Crippen molar-refractivity contribution in [2.24, 2.45) is 11.5 Å². The molecule has 0 aromatic heterocycles. The van der Waals surface area contributed by atoms with E-state index < -0.39 is 54.0 Å². The fraction of sp³-hybridized carbons (Fsp3) is 0.429. The highest BCUT2D eigenvalue weighted by Crippen LogP contribution is 2.12. The lowest BCUT2D eigenvalue weighted by molar-refractivity contribution is -0.143. The molecule has 12 heteroatoms. The minimum absolute atomic E-state index is 0.00667. The van der Waals surface area contributed by atoms with Crippen molar-refractivity contribution in [3.63, 3.8) is 0 Å². The number of aliphatic hydroxyl groups is 1. The Labute approximate surface area is 233 Å². The number of carbonyl (C=O) groups is 4. The third kappa shape index (κ3) is 10.6. The molecule has 218 valence electrons. The molecule has 40 heavy (non-hydrogen) atoms. The second-order valence-electron chi connectivity index (χ2n) is 9.64. The van der Waals surface area contributed by atoms with Crippen LogP contribution in [0.4, 0.5) is 0 Å². The van der Waals surface area contributed by atoms with Crippen molar-refractivity contribution in [1.29, 1.82) is 0 Å². The molecule has 0 fully saturated rings. The molecule has 0 aliphatic rings. The Balaban J connectivity index is 2.18. The van der Waals surface area contributed by atoms with Gasteiger partial charge in [-0.3, -0.25) is 14.4 Å². The van der Waals surface area contributed by atoms with Gasteiger partial charge in [-0.2, -0.15) is 0 Å². The smallest absolute Gasteiger partial charge is 0.326 e. The number of unbranched alkanes of at least 4 members (excludes halogenated alkanes) is 1. The van der Waals surface area contributed by atoms with Crippen LogP contribution in [0.2, 0.25) is 0 Å². The standard InChI is InChI=1S/C28H39N5O7/c1-17(34)24(27(38)32-23(28(39)40)16-18-7-3-2-4-8-18)33-26(37)22(15-19-10-12-20(35)13-11-19)31-25(36)21(30)9-5-6-14-29/h2-4,7-8,10-13,17,21-24,34-35H,5-6,9,14-16,29-30H2,1H3,(H,31,36)(H,32,38)(H,33,37)(H,39,40). The summed E-state index contributed by atoms with van der Waals surface area (Å²) in [5.41, 5.74) is 12.7. The van der Waals surface area contributed by atoms with Gasteiger partial charge in [0.2, 0.25) is 17.7 Å². The first-order valence-corrected chi connectivity index (χ1v) is 13.1. The Bertz CT molecular complexity index is 1110. The molecular weight excluding hydrogens is 518 g/mol. The van der Waals surface area contributed by atoms with E-state index in [2.05, 4.69) is 16.0 Å². The van der Waals surface area contributed by atoms with Crippen LogP contribution in [0.5, 0.6) is 5.75 Å². The Morgan fingerprint density at radius 2 is 1.38 bits per heavy atom. The van der Waals surface area contributed by atoms with Crippen LogP contribution in [0.3, 0.4) is 0 Å². The van der Waals surface area contributed by atoms with Crippen LogP contribution in [-0.4, -0.2) is 75.8 Å². The SMILES string of the molecule is CC(O)C(NC(=O)C(Cc1ccc(O)cc1)NC(=O)C(N)CCCCN)C(=O)NC(Cc1ccccc1)C(=O)O. The Hall–Kier alpha value is -4.00. The zero-order chi connectivity index (χ0) is 29.7. The van der Waals surface area contributed by atoms with Gasteiger partial charge in [0.1, 0.15) is 23.9 Å². The van der Waals surface area contributed by atoms with Gasteiger partial charge in [-0.05, 0) is 49.6 Å². The van der Waals surface area contributed by atoms with E-state index in [-0.39, 0.29) is 18.6 Å². The van der Waals surface area contributed by atoms with Crippen molar-refractivity contribution < 1.29 is 34.5 Å². The fourth-order valence-electron chi connectivity index (χ4n) is 3.97. The first-order chi connectivity index (χ1) is 19.0. The highest BCUT2D eigenvalue weighted by Gasteiger charge is 2.33. The highest BCUT2D eigenvalue weighted by molar-refractivity contribution is 5.94. The summed E-state index contributed by atoms with van der Waals surface area (Å²) in [5, 5.41) is 36.9. The van der Waals surface area contributed by atoms with E-state index >= 15 is 0 Å². The molecule has 2 aromatic rings. The molecule has 0 heterocycles. The largest absolute Gasteiger partial charge is 0.508 e. The van der Waals surface area contributed by atoms with Crippen LogP contribution in [0, 0.1) is 0 Å². The second-order valence-corrected chi connectivity index (χ2v) is 9.64. The molecule has 3 amide bonds. The number of amides is 3. The lowest BCUT2D eigenvalue weighted by atomic mass is 10.0. The van der Waals surface area contributed by atoms with E-state index in [1.807, 2.05) is 0 Å². The zero-order valence-corrected chi connectivity index (χ0v) is 22.5. The molecular formula is C28H39N5O7. The Morgan fingerprint density at radius 1 is 0.800 bits per heavy atom. The molecule has 0 radical (unpaired) electrons. The van der Waals surface area contributed by atoms with Crippen molar-refractivity contribution in [3.8, 4) is 5.75 Å². The van der Waals surface area contributed by atoms with Gasteiger partial charge in [0.05, 0.1) is 12.1 Å². The Kier molecular flexibility index (Phi) is 13.0. The second kappa shape index (κ2) is 16.2. The number of phenols is 1. The minimum Gasteiger partial charge on any atom is -0.508 e. The lowest BCUT2D eigenvalue weighted by Gasteiger charge is -2.26. The number of aliphatic hydroxyl groups excluding tert-OH is 1. The van der Waals surface area contributed by atoms with Crippen molar-refractivity contribution in [3.05, 3.63) is 65.7 Å². The van der Waals surface area contributed by atoms with E-state index in [1.54, 1.807) is 42.5 Å². The summed E-state index contributed by atoms with van der Waals surface area (Å²) >= 11 is 0. The third-order valence-electron chi connectivity index (χ3n) is 6.28. The summed E-state index contributed by atoms with van der Waals surface area (Å²) in [6, 6.07) is 9.77. The summed E-state index contributed by atoms with van der Waals surface area (Å²) in [7, 11) is 0. The first-order valence-electron chi connectivity index (χ1n) is 13.1. The normalized spacial score (nSPS) is 14.7. The first kappa shape index (κ1) is 32.2. The molecule has 5 unspecified atom stereocenters. The van der Waals surface area contributed by atoms with Crippen LogP contribution in [0.15, 0.2) is 54.6 Å². The number of nitrogens with two attached hydrogens (primary N) is 2. The number of carbonyl (C=O) groups excluding carboxylic acids is 3. The number of carboxylic acids is 1. The number of aromatic hydroxyl groups is 1. The number of hydrogen-bond donors (Lipinski definition) is 8. The highest BCUT2D eigenvalue weighted by atomic mass is 16.4. The van der Waals surface area contributed by atoms with Crippen molar-refractivity contribution >= 4 is 23.7 Å². The number of phenolic OH excluding ortho intramolecular Hbond substituents is 1. The van der Waals surface area contributed by atoms with Gasteiger partial charge in [-0.15, -0.1) is 0 Å². The fourth-order valence-corrected chi connectivity index (χ4v) is 3.97. The number of rotatable bonds is 16. The van der Waals surface area contributed by atoms with E-state index in [0.29, 0.717) is 36.9 Å². The number of hydrogen-bond acceptors (Lipinski definition) is 8. The average Bonchev–Trinajstić information content (AvgIpc) is 2.92. The molecule has 0 saturated heterocycles. The Morgan fingerprint density at radius 3 is 1.95 bits per heavy atom. The van der Waals surface area contributed by atoms with Crippen molar-refractivity contribution in [2.45, 2.75) is 69.3 Å². The maximum atomic E-state index is 13.3. The predicted octanol–water partition coefficient (Wildman–Crippen LogP) is -0.446. The third-order valence-corrected chi connectivity index (χ3v) is 6.28. The quantitative estimate of drug-likeness (QED) is 0.125. The van der Waals surface area contributed by atoms with Gasteiger partial charge in [-0.1, -0.05) is 48.9 Å². The van der Waals surface area contributed by atoms with Crippen LogP contribution in [0.25, 0.3) is 0 Å². The van der Waals surface area contributed by atoms with Gasteiger partial charge in [-0.25, -0.2) is 4.79 Å². The summed E-state index contributed by atoms with van der Waals surface area (Å²) in [5.74, 6) is -3.53. The lowest BCUT2D eigenvalue weighted by Crippen LogP contribution is -2.60. The van der Waals surface area contributed by atoms with Crippen LogP contribution in [-0.2, 0) is 32.0 Å². The zero-order valence-electron chi connectivity index (χ0n) is 22.5. The number of benzene rings is 2. The molecule has 0 aliphatic carbocycles. The number of nitrogens with one attached hydrogen (secondary N) is 3. The molecule has 5 atom stereocenters. The van der Waals surface area contributed by atoms with E-state index in [4.69, 9.17) is 11.5 Å². The summed E-state index contributed by atoms with van der Waals surface area (Å²) in [6.45, 7) is 1.73. The van der Waals surface area contributed by atoms with E-state index in [0.717, 1.165) is 0 Å². The van der Waals surface area contributed by atoms with E-state index in [9.17, 15) is 34.5 Å². The molecule has 12 nitrogen and oxygen atoms in total. The van der Waals surface area contributed by atoms with Crippen LogP contribution in [0.1, 0.15) is 37.3 Å². The number of aliphatic carboxylic acids is 1. The maximum absolute atomic E-state index is 13.3. The van der Waals surface area contributed by atoms with Gasteiger partial charge in [0.15, 0.2) is 0 Å². The van der Waals surface area contributed by atoms with Gasteiger partial charge in [0.25, 0.3) is 0 Å². The van der Waals surface area contributed by atoms with Gasteiger partial charge >= 0.3 is 5.97 Å². The molecule has 0 bridgehead atoms. The minimum atomic E-state index is -1.51. The molecule has 0 saturated carbocycles. The molecule has 10 N–H and O–H groups in total. The molecule has 0 spiro atoms. The number of carboxylic acid groups (broad SMARTS) is 1.